The Hall–Kier alpha value is -1.61. The first-order valence-corrected chi connectivity index (χ1v) is 6.51. The van der Waals surface area contributed by atoms with Gasteiger partial charge < -0.3 is 4.57 Å². The first-order chi connectivity index (χ1) is 8.74. The molecule has 0 fully saturated rings. The van der Waals surface area contributed by atoms with Crippen LogP contribution in [0.5, 0.6) is 0 Å². The predicted molar refractivity (Wildman–Crippen MR) is 75.1 cm³/mol. The SMILES string of the molecule is Fc1ccccc1Cn1ccc2ccc(Br)cc21. The van der Waals surface area contributed by atoms with Gasteiger partial charge in [-0.05, 0) is 29.7 Å². The molecule has 3 rings (SSSR count). The van der Waals surface area contributed by atoms with Crippen molar-refractivity contribution in [3.8, 4) is 0 Å². The Morgan fingerprint density at radius 3 is 2.72 bits per heavy atom. The van der Waals surface area contributed by atoms with Gasteiger partial charge in [0, 0.05) is 21.7 Å². The van der Waals surface area contributed by atoms with E-state index >= 15 is 0 Å². The molecule has 0 saturated carbocycles. The molecule has 0 spiro atoms. The smallest absolute Gasteiger partial charge is 0.128 e. The third kappa shape index (κ3) is 2.06. The van der Waals surface area contributed by atoms with Gasteiger partial charge >= 0.3 is 0 Å². The van der Waals surface area contributed by atoms with Crippen molar-refractivity contribution in [2.45, 2.75) is 6.54 Å². The molecule has 3 heteroatoms. The molecule has 1 aromatic heterocycles. The van der Waals surface area contributed by atoms with E-state index in [4.69, 9.17) is 0 Å². The summed E-state index contributed by atoms with van der Waals surface area (Å²) in [5, 5.41) is 1.16. The zero-order chi connectivity index (χ0) is 12.5. The lowest BCUT2D eigenvalue weighted by molar-refractivity contribution is 0.602. The number of fused-ring (bicyclic) bond motifs is 1. The maximum atomic E-state index is 13.6. The van der Waals surface area contributed by atoms with Crippen molar-refractivity contribution in [3.05, 3.63) is 70.6 Å². The Bertz CT molecular complexity index is 703. The Kier molecular flexibility index (Phi) is 2.92. The lowest BCUT2D eigenvalue weighted by atomic mass is 10.2. The topological polar surface area (TPSA) is 4.93 Å². The van der Waals surface area contributed by atoms with E-state index in [1.807, 2.05) is 30.5 Å². The molecule has 1 nitrogen and oxygen atoms in total. The average Bonchev–Trinajstić information content (AvgIpc) is 2.75. The fourth-order valence-electron chi connectivity index (χ4n) is 2.11. The van der Waals surface area contributed by atoms with E-state index in [2.05, 4.69) is 32.6 Å². The molecule has 0 unspecified atom stereocenters. The van der Waals surface area contributed by atoms with Crippen LogP contribution in [0.4, 0.5) is 4.39 Å². The van der Waals surface area contributed by atoms with Crippen LogP contribution in [0.2, 0.25) is 0 Å². The van der Waals surface area contributed by atoms with Gasteiger partial charge in [0.2, 0.25) is 0 Å². The normalized spacial score (nSPS) is 11.0. The minimum atomic E-state index is -0.158. The molecular weight excluding hydrogens is 293 g/mol. The van der Waals surface area contributed by atoms with Crippen LogP contribution in [-0.2, 0) is 6.54 Å². The molecule has 0 atom stereocenters. The minimum absolute atomic E-state index is 0.158. The van der Waals surface area contributed by atoms with E-state index < -0.39 is 0 Å². The van der Waals surface area contributed by atoms with Gasteiger partial charge in [0.15, 0.2) is 0 Å². The lowest BCUT2D eigenvalue weighted by Gasteiger charge is -2.07. The molecule has 3 aromatic rings. The van der Waals surface area contributed by atoms with Gasteiger partial charge in [0.25, 0.3) is 0 Å². The average molecular weight is 304 g/mol. The summed E-state index contributed by atoms with van der Waals surface area (Å²) >= 11 is 3.46. The minimum Gasteiger partial charge on any atom is -0.343 e. The highest BCUT2D eigenvalue weighted by Crippen LogP contribution is 2.22. The van der Waals surface area contributed by atoms with Gasteiger partial charge in [-0.25, -0.2) is 4.39 Å². The summed E-state index contributed by atoms with van der Waals surface area (Å²) in [4.78, 5) is 0. The van der Waals surface area contributed by atoms with Gasteiger partial charge in [-0.15, -0.1) is 0 Å². The summed E-state index contributed by atoms with van der Waals surface area (Å²) in [5.41, 5.74) is 1.81. The molecule has 0 amide bonds. The van der Waals surface area contributed by atoms with Crippen molar-refractivity contribution in [1.82, 2.24) is 4.57 Å². The van der Waals surface area contributed by atoms with Crippen molar-refractivity contribution in [2.75, 3.05) is 0 Å². The van der Waals surface area contributed by atoms with Crippen LogP contribution in [0, 0.1) is 5.82 Å². The third-order valence-corrected chi connectivity index (χ3v) is 3.53. The van der Waals surface area contributed by atoms with Gasteiger partial charge in [-0.2, -0.15) is 0 Å². The monoisotopic (exact) mass is 303 g/mol. The fraction of sp³-hybridized carbons (Fsp3) is 0.0667. The number of nitrogens with zero attached hydrogens (tertiary/aromatic N) is 1. The number of rotatable bonds is 2. The van der Waals surface area contributed by atoms with Crippen molar-refractivity contribution < 1.29 is 4.39 Å². The Morgan fingerprint density at radius 1 is 1.06 bits per heavy atom. The molecule has 1 heterocycles. The van der Waals surface area contributed by atoms with Crippen LogP contribution in [-0.4, -0.2) is 4.57 Å². The molecule has 0 N–H and O–H groups in total. The van der Waals surface area contributed by atoms with Crippen LogP contribution in [0.1, 0.15) is 5.56 Å². The molecule has 90 valence electrons. The highest BCUT2D eigenvalue weighted by molar-refractivity contribution is 9.10. The molecule has 0 aliphatic rings. The maximum Gasteiger partial charge on any atom is 0.128 e. The number of aromatic nitrogens is 1. The third-order valence-electron chi connectivity index (χ3n) is 3.03. The van der Waals surface area contributed by atoms with Gasteiger partial charge in [0.05, 0.1) is 6.54 Å². The standard InChI is InChI=1S/C15H11BrFN/c16-13-6-5-11-7-8-18(15(11)9-13)10-12-3-1-2-4-14(12)17/h1-9H,10H2. The van der Waals surface area contributed by atoms with E-state index in [1.54, 1.807) is 6.07 Å². The zero-order valence-corrected chi connectivity index (χ0v) is 11.2. The molecule has 18 heavy (non-hydrogen) atoms. The van der Waals surface area contributed by atoms with Crippen LogP contribution >= 0.6 is 15.9 Å². The van der Waals surface area contributed by atoms with Crippen LogP contribution in [0.25, 0.3) is 10.9 Å². The summed E-state index contributed by atoms with van der Waals surface area (Å²) in [5.74, 6) is -0.158. The summed E-state index contributed by atoms with van der Waals surface area (Å²) in [6, 6.07) is 15.0. The second-order valence-corrected chi connectivity index (χ2v) is 5.15. The van der Waals surface area contributed by atoms with E-state index in [-0.39, 0.29) is 5.82 Å². The molecule has 0 aliphatic carbocycles. The Labute approximate surface area is 113 Å². The van der Waals surface area contributed by atoms with Crippen molar-refractivity contribution in [2.24, 2.45) is 0 Å². The van der Waals surface area contributed by atoms with E-state index in [0.717, 1.165) is 15.4 Å². The molecule has 0 aliphatic heterocycles. The fourth-order valence-corrected chi connectivity index (χ4v) is 2.45. The second-order valence-electron chi connectivity index (χ2n) is 4.24. The summed E-state index contributed by atoms with van der Waals surface area (Å²) in [6.45, 7) is 0.548. The Morgan fingerprint density at radius 2 is 1.89 bits per heavy atom. The first-order valence-electron chi connectivity index (χ1n) is 5.72. The number of benzene rings is 2. The van der Waals surface area contributed by atoms with Gasteiger partial charge in [-0.3, -0.25) is 0 Å². The zero-order valence-electron chi connectivity index (χ0n) is 9.61. The van der Waals surface area contributed by atoms with Gasteiger partial charge in [0.1, 0.15) is 5.82 Å². The molecule has 2 aromatic carbocycles. The van der Waals surface area contributed by atoms with Crippen molar-refractivity contribution >= 4 is 26.8 Å². The highest BCUT2D eigenvalue weighted by Gasteiger charge is 2.05. The largest absolute Gasteiger partial charge is 0.343 e. The highest BCUT2D eigenvalue weighted by atomic mass is 79.9. The summed E-state index contributed by atoms with van der Waals surface area (Å²) < 4.78 is 16.7. The lowest BCUT2D eigenvalue weighted by Crippen LogP contribution is -2.00. The van der Waals surface area contributed by atoms with Crippen LogP contribution in [0.3, 0.4) is 0 Å². The number of halogens is 2. The summed E-state index contributed by atoms with van der Waals surface area (Å²) in [7, 11) is 0. The van der Waals surface area contributed by atoms with Gasteiger partial charge in [-0.1, -0.05) is 40.2 Å². The number of hydrogen-bond donors (Lipinski definition) is 0. The quantitative estimate of drug-likeness (QED) is 0.652. The second kappa shape index (κ2) is 4.58. The van der Waals surface area contributed by atoms with Crippen molar-refractivity contribution in [3.63, 3.8) is 0 Å². The van der Waals surface area contributed by atoms with E-state index in [1.165, 1.54) is 6.07 Å². The molecule has 0 saturated heterocycles. The summed E-state index contributed by atoms with van der Waals surface area (Å²) in [6.07, 6.45) is 1.99. The predicted octanol–water partition coefficient (Wildman–Crippen LogP) is 4.59. The van der Waals surface area contributed by atoms with Crippen LogP contribution in [0.15, 0.2) is 59.2 Å². The van der Waals surface area contributed by atoms with Crippen molar-refractivity contribution in [1.29, 1.82) is 0 Å². The van der Waals surface area contributed by atoms with Crippen LogP contribution < -0.4 is 0 Å². The first kappa shape index (κ1) is 11.5. The maximum absolute atomic E-state index is 13.6. The molecule has 0 bridgehead atoms. The molecular formula is C15H11BrFN. The van der Waals surface area contributed by atoms with E-state index in [0.29, 0.717) is 12.1 Å². The Balaban J connectivity index is 2.05. The molecule has 0 radical (unpaired) electrons. The van der Waals surface area contributed by atoms with E-state index in [9.17, 15) is 4.39 Å². The number of hydrogen-bond acceptors (Lipinski definition) is 0.